The van der Waals surface area contributed by atoms with Crippen LogP contribution in [0, 0.1) is 10.1 Å². The molecule has 0 heterocycles. The third kappa shape index (κ3) is 7.52. The maximum Gasteiger partial charge on any atom is 0.410 e. The molecule has 0 saturated carbocycles. The number of nitro benzene ring substituents is 1. The summed E-state index contributed by atoms with van der Waals surface area (Å²) >= 11 is 0. The molecule has 34 heavy (non-hydrogen) atoms. The zero-order valence-electron chi connectivity index (χ0n) is 19.3. The first-order chi connectivity index (χ1) is 15.8. The van der Waals surface area contributed by atoms with E-state index in [2.05, 4.69) is 9.46 Å². The lowest BCUT2D eigenvalue weighted by Crippen LogP contribution is -2.41. The number of nitrogens with zero attached hydrogens (tertiary/aromatic N) is 2. The van der Waals surface area contributed by atoms with Gasteiger partial charge in [0, 0.05) is 25.7 Å². The normalized spacial score (nSPS) is 11.5. The van der Waals surface area contributed by atoms with Gasteiger partial charge in [-0.05, 0) is 38.5 Å². The third-order valence-electron chi connectivity index (χ3n) is 4.41. The van der Waals surface area contributed by atoms with Crippen LogP contribution in [0.1, 0.15) is 36.7 Å². The molecule has 0 aromatic heterocycles. The molecular formula is C22H27N3O8S. The topological polar surface area (TPSA) is 145 Å². The fourth-order valence-corrected chi connectivity index (χ4v) is 4.06. The van der Waals surface area contributed by atoms with Crippen molar-refractivity contribution in [2.75, 3.05) is 20.2 Å². The molecule has 0 bridgehead atoms. The van der Waals surface area contributed by atoms with Crippen LogP contribution >= 0.6 is 0 Å². The van der Waals surface area contributed by atoms with E-state index in [1.807, 2.05) is 30.3 Å². The van der Waals surface area contributed by atoms with Gasteiger partial charge in [0.25, 0.3) is 5.69 Å². The highest BCUT2D eigenvalue weighted by Crippen LogP contribution is 2.25. The summed E-state index contributed by atoms with van der Waals surface area (Å²) in [6.45, 7) is 5.02. The third-order valence-corrected chi connectivity index (χ3v) is 5.92. The Morgan fingerprint density at radius 2 is 1.76 bits per heavy atom. The van der Waals surface area contributed by atoms with E-state index in [0.29, 0.717) is 0 Å². The Labute approximate surface area is 197 Å². The van der Waals surface area contributed by atoms with Crippen LogP contribution in [0.3, 0.4) is 0 Å². The molecular weight excluding hydrogens is 466 g/mol. The number of amides is 1. The van der Waals surface area contributed by atoms with E-state index in [-0.39, 0.29) is 25.2 Å². The molecule has 12 heteroatoms. The van der Waals surface area contributed by atoms with Gasteiger partial charge in [0.1, 0.15) is 5.60 Å². The van der Waals surface area contributed by atoms with Crippen molar-refractivity contribution >= 4 is 27.8 Å². The number of rotatable bonds is 9. The van der Waals surface area contributed by atoms with Crippen molar-refractivity contribution in [2.24, 2.45) is 0 Å². The van der Waals surface area contributed by atoms with E-state index in [0.717, 1.165) is 30.9 Å². The van der Waals surface area contributed by atoms with Crippen molar-refractivity contribution < 1.29 is 32.4 Å². The quantitative estimate of drug-likeness (QED) is 0.319. The molecule has 2 rings (SSSR count). The first-order valence-corrected chi connectivity index (χ1v) is 11.7. The number of benzene rings is 2. The maximum absolute atomic E-state index is 12.8. The molecule has 0 saturated heterocycles. The Morgan fingerprint density at radius 1 is 1.12 bits per heavy atom. The Kier molecular flexibility index (Phi) is 8.71. The molecule has 184 valence electrons. The number of nitrogens with one attached hydrogen (secondary N) is 1. The minimum atomic E-state index is -4.34. The van der Waals surface area contributed by atoms with Gasteiger partial charge in [-0.3, -0.25) is 10.1 Å². The molecule has 0 spiro atoms. The van der Waals surface area contributed by atoms with Crippen LogP contribution in [0.2, 0.25) is 0 Å². The fraction of sp³-hybridized carbons (Fsp3) is 0.364. The predicted octanol–water partition coefficient (Wildman–Crippen LogP) is 3.10. The van der Waals surface area contributed by atoms with Gasteiger partial charge in [-0.2, -0.15) is 0 Å². The monoisotopic (exact) mass is 493 g/mol. The average molecular weight is 494 g/mol. The van der Waals surface area contributed by atoms with E-state index in [9.17, 15) is 28.1 Å². The summed E-state index contributed by atoms with van der Waals surface area (Å²) in [4.78, 5) is 35.6. The number of hydrogen-bond donors (Lipinski definition) is 1. The minimum absolute atomic E-state index is 0.0585. The van der Waals surface area contributed by atoms with Gasteiger partial charge in [0.15, 0.2) is 4.90 Å². The summed E-state index contributed by atoms with van der Waals surface area (Å²) in [7, 11) is -3.23. The number of carbonyl (C=O) groups is 2. The Morgan fingerprint density at radius 3 is 2.32 bits per heavy atom. The number of ether oxygens (including phenoxy) is 2. The summed E-state index contributed by atoms with van der Waals surface area (Å²) in [5, 5.41) is 11.4. The van der Waals surface area contributed by atoms with Gasteiger partial charge < -0.3 is 14.4 Å². The van der Waals surface area contributed by atoms with Crippen LogP contribution in [0.15, 0.2) is 53.4 Å². The molecule has 1 amide bonds. The number of carbonyl (C=O) groups excluding carboxylic acids is 2. The predicted molar refractivity (Wildman–Crippen MR) is 123 cm³/mol. The van der Waals surface area contributed by atoms with E-state index in [1.54, 1.807) is 20.8 Å². The zero-order valence-corrected chi connectivity index (χ0v) is 20.1. The van der Waals surface area contributed by atoms with E-state index < -0.39 is 43.2 Å². The van der Waals surface area contributed by atoms with Crippen LogP contribution in [0.25, 0.3) is 0 Å². The highest BCUT2D eigenvalue weighted by atomic mass is 32.2. The number of hydrogen-bond acceptors (Lipinski definition) is 8. The van der Waals surface area contributed by atoms with Gasteiger partial charge >= 0.3 is 12.1 Å². The summed E-state index contributed by atoms with van der Waals surface area (Å²) < 4.78 is 37.8. The molecule has 0 aliphatic rings. The number of methoxy groups -OCH3 is 1. The summed E-state index contributed by atoms with van der Waals surface area (Å²) in [6.07, 6.45) is -0.635. The second-order valence-corrected chi connectivity index (χ2v) is 9.95. The second kappa shape index (κ2) is 11.1. The molecule has 2 aromatic rings. The average Bonchev–Trinajstić information content (AvgIpc) is 2.76. The molecule has 11 nitrogen and oxygen atoms in total. The van der Waals surface area contributed by atoms with E-state index >= 15 is 0 Å². The minimum Gasteiger partial charge on any atom is -0.465 e. The lowest BCUT2D eigenvalue weighted by Gasteiger charge is -2.27. The summed E-state index contributed by atoms with van der Waals surface area (Å²) in [6, 6.07) is 12.0. The Balaban J connectivity index is 2.20. The molecule has 0 fully saturated rings. The number of sulfonamides is 1. The largest absolute Gasteiger partial charge is 0.465 e. The lowest BCUT2D eigenvalue weighted by atomic mass is 10.2. The molecule has 0 aliphatic heterocycles. The molecule has 0 unspecified atom stereocenters. The van der Waals surface area contributed by atoms with Gasteiger partial charge in [0.2, 0.25) is 10.0 Å². The van der Waals surface area contributed by atoms with Crippen molar-refractivity contribution in [1.29, 1.82) is 0 Å². The number of nitro groups is 1. The van der Waals surface area contributed by atoms with Gasteiger partial charge in [-0.15, -0.1) is 0 Å². The standard InChI is InChI=1S/C22H27N3O8S/c1-22(2,3)33-21(27)24(15-16-8-6-5-7-9-16)13-12-23-34(30,31)19-11-10-17(20(26)32-4)14-18(19)25(28)29/h5-11,14,23H,12-13,15H2,1-4H3. The smallest absolute Gasteiger partial charge is 0.410 e. The van der Waals surface area contributed by atoms with Crippen LogP contribution in [0.5, 0.6) is 0 Å². The molecule has 1 N–H and O–H groups in total. The zero-order chi connectivity index (χ0) is 25.5. The van der Waals surface area contributed by atoms with Crippen molar-refractivity contribution in [3.8, 4) is 0 Å². The Bertz CT molecular complexity index is 1140. The Hall–Kier alpha value is -3.51. The summed E-state index contributed by atoms with van der Waals surface area (Å²) in [5.74, 6) is -0.839. The summed E-state index contributed by atoms with van der Waals surface area (Å²) in [5.41, 5.74) is -0.880. The van der Waals surface area contributed by atoms with Crippen LogP contribution < -0.4 is 4.72 Å². The van der Waals surface area contributed by atoms with Crippen LogP contribution in [0.4, 0.5) is 10.5 Å². The van der Waals surface area contributed by atoms with Crippen LogP contribution in [-0.2, 0) is 26.0 Å². The molecule has 2 aromatic carbocycles. The van der Waals surface area contributed by atoms with Crippen molar-refractivity contribution in [3.05, 3.63) is 69.8 Å². The SMILES string of the molecule is COC(=O)c1ccc(S(=O)(=O)NCCN(Cc2ccccc2)C(=O)OC(C)(C)C)c([N+](=O)[O-])c1. The number of esters is 1. The van der Waals surface area contributed by atoms with Gasteiger partial charge in [0.05, 0.1) is 17.6 Å². The van der Waals surface area contributed by atoms with Gasteiger partial charge in [-0.25, -0.2) is 22.7 Å². The van der Waals surface area contributed by atoms with Gasteiger partial charge in [-0.1, -0.05) is 30.3 Å². The van der Waals surface area contributed by atoms with Crippen molar-refractivity contribution in [2.45, 2.75) is 37.8 Å². The first-order valence-electron chi connectivity index (χ1n) is 10.2. The lowest BCUT2D eigenvalue weighted by molar-refractivity contribution is -0.387. The molecule has 0 radical (unpaired) electrons. The fourth-order valence-electron chi connectivity index (χ4n) is 2.89. The molecule has 0 aliphatic carbocycles. The highest BCUT2D eigenvalue weighted by molar-refractivity contribution is 7.89. The first kappa shape index (κ1) is 26.7. The van der Waals surface area contributed by atoms with Crippen molar-refractivity contribution in [3.63, 3.8) is 0 Å². The second-order valence-electron chi connectivity index (χ2n) is 8.22. The maximum atomic E-state index is 12.8. The van der Waals surface area contributed by atoms with Crippen LogP contribution in [-0.4, -0.2) is 56.1 Å². The van der Waals surface area contributed by atoms with Crippen molar-refractivity contribution in [1.82, 2.24) is 9.62 Å². The van der Waals surface area contributed by atoms with E-state index in [4.69, 9.17) is 4.74 Å². The van der Waals surface area contributed by atoms with E-state index in [1.165, 1.54) is 4.90 Å². The molecule has 0 atom stereocenters. The highest BCUT2D eigenvalue weighted by Gasteiger charge is 2.28.